The maximum Gasteiger partial charge on any atom is 0.248 e. The van der Waals surface area contributed by atoms with Crippen LogP contribution >= 0.6 is 23.2 Å². The molecule has 0 aliphatic rings. The zero-order valence-electron chi connectivity index (χ0n) is 15.6. The number of carbonyl (C=O) groups excluding carboxylic acids is 1. The standard InChI is InChI=1S/C19H22Cl2N2O3S/c1-5-17(19(24)22-18-15(20)7-6-8-16(18)21)23(27(4,25)26)14-10-9-12(2)13(3)11-14/h6-11,17H,5H2,1-4H3,(H,22,24)/t17-/m1/s1. The number of hydrogen-bond donors (Lipinski definition) is 1. The van der Waals surface area contributed by atoms with Crippen LogP contribution in [0.4, 0.5) is 11.4 Å². The van der Waals surface area contributed by atoms with Gasteiger partial charge in [-0.1, -0.05) is 42.3 Å². The highest BCUT2D eigenvalue weighted by Crippen LogP contribution is 2.31. The summed E-state index contributed by atoms with van der Waals surface area (Å²) in [6.45, 7) is 5.58. The fourth-order valence-electron chi connectivity index (χ4n) is 2.75. The average Bonchev–Trinajstić information content (AvgIpc) is 2.57. The monoisotopic (exact) mass is 428 g/mol. The Kier molecular flexibility index (Phi) is 6.78. The summed E-state index contributed by atoms with van der Waals surface area (Å²) in [6.07, 6.45) is 1.36. The van der Waals surface area contributed by atoms with Crippen LogP contribution in [0.15, 0.2) is 36.4 Å². The molecule has 2 aromatic rings. The second-order valence-electron chi connectivity index (χ2n) is 6.34. The second kappa shape index (κ2) is 8.50. The van der Waals surface area contributed by atoms with Crippen LogP contribution in [0.1, 0.15) is 24.5 Å². The number of rotatable bonds is 6. The molecule has 146 valence electrons. The van der Waals surface area contributed by atoms with E-state index in [0.29, 0.717) is 5.69 Å². The van der Waals surface area contributed by atoms with E-state index in [1.165, 1.54) is 0 Å². The lowest BCUT2D eigenvalue weighted by Crippen LogP contribution is -2.47. The number of sulfonamides is 1. The molecular weight excluding hydrogens is 407 g/mol. The Hall–Kier alpha value is -1.76. The van der Waals surface area contributed by atoms with Gasteiger partial charge in [0.2, 0.25) is 15.9 Å². The van der Waals surface area contributed by atoms with E-state index in [1.54, 1.807) is 37.3 Å². The van der Waals surface area contributed by atoms with Gasteiger partial charge in [-0.25, -0.2) is 8.42 Å². The van der Waals surface area contributed by atoms with Crippen molar-refractivity contribution in [3.8, 4) is 0 Å². The number of para-hydroxylation sites is 1. The van der Waals surface area contributed by atoms with Crippen molar-refractivity contribution in [2.24, 2.45) is 0 Å². The lowest BCUT2D eigenvalue weighted by Gasteiger charge is -2.30. The van der Waals surface area contributed by atoms with Crippen molar-refractivity contribution in [1.29, 1.82) is 0 Å². The lowest BCUT2D eigenvalue weighted by molar-refractivity contribution is -0.117. The smallest absolute Gasteiger partial charge is 0.248 e. The molecule has 27 heavy (non-hydrogen) atoms. The van der Waals surface area contributed by atoms with E-state index in [2.05, 4.69) is 5.32 Å². The summed E-state index contributed by atoms with van der Waals surface area (Å²) >= 11 is 12.2. The van der Waals surface area contributed by atoms with Crippen LogP contribution in [-0.2, 0) is 14.8 Å². The molecule has 1 amide bonds. The van der Waals surface area contributed by atoms with Crippen LogP contribution in [0.25, 0.3) is 0 Å². The number of amides is 1. The van der Waals surface area contributed by atoms with E-state index in [-0.39, 0.29) is 22.2 Å². The highest BCUT2D eigenvalue weighted by molar-refractivity contribution is 7.92. The Balaban J connectivity index is 2.46. The van der Waals surface area contributed by atoms with Crippen molar-refractivity contribution < 1.29 is 13.2 Å². The molecule has 0 bridgehead atoms. The third kappa shape index (κ3) is 4.94. The van der Waals surface area contributed by atoms with Gasteiger partial charge in [-0.3, -0.25) is 9.10 Å². The van der Waals surface area contributed by atoms with Gasteiger partial charge in [-0.15, -0.1) is 0 Å². The van der Waals surface area contributed by atoms with Gasteiger partial charge in [0.1, 0.15) is 6.04 Å². The third-order valence-corrected chi connectivity index (χ3v) is 6.10. The van der Waals surface area contributed by atoms with E-state index in [1.807, 2.05) is 19.9 Å². The van der Waals surface area contributed by atoms with Gasteiger partial charge in [0.25, 0.3) is 0 Å². The quantitative estimate of drug-likeness (QED) is 0.718. The predicted octanol–water partition coefficient (Wildman–Crippen LogP) is 4.79. The molecule has 1 N–H and O–H groups in total. The molecule has 0 spiro atoms. The summed E-state index contributed by atoms with van der Waals surface area (Å²) < 4.78 is 26.2. The van der Waals surface area contributed by atoms with E-state index in [4.69, 9.17) is 23.2 Å². The SMILES string of the molecule is CC[C@H](C(=O)Nc1c(Cl)cccc1Cl)N(c1ccc(C)c(C)c1)S(C)(=O)=O. The van der Waals surface area contributed by atoms with Gasteiger partial charge in [0.15, 0.2) is 0 Å². The van der Waals surface area contributed by atoms with Crippen molar-refractivity contribution in [3.05, 3.63) is 57.6 Å². The van der Waals surface area contributed by atoms with Crippen molar-refractivity contribution in [1.82, 2.24) is 0 Å². The largest absolute Gasteiger partial charge is 0.322 e. The number of nitrogens with one attached hydrogen (secondary N) is 1. The Morgan fingerprint density at radius 3 is 2.19 bits per heavy atom. The minimum atomic E-state index is -3.71. The number of nitrogens with zero attached hydrogens (tertiary/aromatic N) is 1. The van der Waals surface area contributed by atoms with Gasteiger partial charge in [0, 0.05) is 0 Å². The molecule has 8 heteroatoms. The van der Waals surface area contributed by atoms with Crippen molar-refractivity contribution >= 4 is 50.5 Å². The van der Waals surface area contributed by atoms with Crippen LogP contribution < -0.4 is 9.62 Å². The Bertz CT molecular complexity index is 941. The van der Waals surface area contributed by atoms with E-state index in [9.17, 15) is 13.2 Å². The van der Waals surface area contributed by atoms with Gasteiger partial charge >= 0.3 is 0 Å². The van der Waals surface area contributed by atoms with Gasteiger partial charge in [-0.05, 0) is 55.7 Å². The maximum absolute atomic E-state index is 12.9. The summed E-state index contributed by atoms with van der Waals surface area (Å²) in [4.78, 5) is 12.9. The summed E-state index contributed by atoms with van der Waals surface area (Å²) in [5, 5.41) is 3.23. The summed E-state index contributed by atoms with van der Waals surface area (Å²) in [5.74, 6) is -0.504. The highest BCUT2D eigenvalue weighted by Gasteiger charge is 2.32. The molecule has 0 unspecified atom stereocenters. The molecule has 0 radical (unpaired) electrons. The summed E-state index contributed by atoms with van der Waals surface area (Å²) in [7, 11) is -3.71. The van der Waals surface area contributed by atoms with E-state index < -0.39 is 22.0 Å². The van der Waals surface area contributed by atoms with Crippen LogP contribution in [-0.4, -0.2) is 26.6 Å². The number of carbonyl (C=O) groups is 1. The number of hydrogen-bond acceptors (Lipinski definition) is 3. The first-order valence-corrected chi connectivity index (χ1v) is 11.0. The van der Waals surface area contributed by atoms with Crippen LogP contribution in [0.5, 0.6) is 0 Å². The molecule has 2 aromatic carbocycles. The zero-order chi connectivity index (χ0) is 20.4. The fraction of sp³-hybridized carbons (Fsp3) is 0.316. The second-order valence-corrected chi connectivity index (χ2v) is 9.01. The number of halogens is 2. The normalized spacial score (nSPS) is 12.5. The summed E-state index contributed by atoms with van der Waals surface area (Å²) in [6, 6.07) is 9.20. The third-order valence-electron chi connectivity index (χ3n) is 4.29. The molecule has 2 rings (SSSR count). The average molecular weight is 429 g/mol. The molecule has 0 fully saturated rings. The number of aryl methyl sites for hydroxylation is 2. The number of anilines is 2. The molecule has 5 nitrogen and oxygen atoms in total. The van der Waals surface area contributed by atoms with Crippen molar-refractivity contribution in [2.75, 3.05) is 15.9 Å². The van der Waals surface area contributed by atoms with Gasteiger partial charge < -0.3 is 5.32 Å². The first-order chi connectivity index (χ1) is 12.6. The molecular formula is C19H22Cl2N2O3S. The van der Waals surface area contributed by atoms with Crippen LogP contribution in [0.2, 0.25) is 10.0 Å². The van der Waals surface area contributed by atoms with Crippen molar-refractivity contribution in [2.45, 2.75) is 33.2 Å². The molecule has 1 atom stereocenters. The van der Waals surface area contributed by atoms with E-state index >= 15 is 0 Å². The molecule has 0 saturated carbocycles. The molecule has 0 aromatic heterocycles. The first kappa shape index (κ1) is 21.5. The molecule has 0 aliphatic heterocycles. The maximum atomic E-state index is 12.9. The van der Waals surface area contributed by atoms with E-state index in [0.717, 1.165) is 21.7 Å². The highest BCUT2D eigenvalue weighted by atomic mass is 35.5. The summed E-state index contributed by atoms with van der Waals surface area (Å²) in [5.41, 5.74) is 2.67. The fourth-order valence-corrected chi connectivity index (χ4v) is 4.44. The molecule has 0 aliphatic carbocycles. The zero-order valence-corrected chi connectivity index (χ0v) is 17.9. The molecule has 0 heterocycles. The van der Waals surface area contributed by atoms with Crippen LogP contribution in [0.3, 0.4) is 0 Å². The predicted molar refractivity (Wildman–Crippen MR) is 112 cm³/mol. The Labute approximate surface area is 170 Å². The van der Waals surface area contributed by atoms with Crippen molar-refractivity contribution in [3.63, 3.8) is 0 Å². The molecule has 0 saturated heterocycles. The Morgan fingerprint density at radius 2 is 1.70 bits per heavy atom. The topological polar surface area (TPSA) is 66.5 Å². The first-order valence-electron chi connectivity index (χ1n) is 8.37. The minimum Gasteiger partial charge on any atom is -0.322 e. The van der Waals surface area contributed by atoms with Crippen LogP contribution in [0, 0.1) is 13.8 Å². The van der Waals surface area contributed by atoms with Gasteiger partial charge in [0.05, 0.1) is 27.7 Å². The number of benzene rings is 2. The Morgan fingerprint density at radius 1 is 1.11 bits per heavy atom. The minimum absolute atomic E-state index is 0.262. The lowest BCUT2D eigenvalue weighted by atomic mass is 10.1. The van der Waals surface area contributed by atoms with Gasteiger partial charge in [-0.2, -0.15) is 0 Å².